The van der Waals surface area contributed by atoms with Crippen molar-refractivity contribution < 1.29 is 32.2 Å². The SMILES string of the molecule is Cc1nc(-c2nnn(C)c2NC(O)O[C@H](C)c2cc(F)cnc2F)ccc1NC(=O)C1(CN)CC(F)(F)C1. The third-order valence-electron chi connectivity index (χ3n) is 6.33. The molecule has 3 heterocycles. The molecule has 4 rings (SSSR count). The highest BCUT2D eigenvalue weighted by Gasteiger charge is 2.60. The Bertz CT molecular complexity index is 1340. The summed E-state index contributed by atoms with van der Waals surface area (Å²) in [6.45, 7) is 2.80. The fraction of sp³-hybridized carbons (Fsp3) is 0.435. The molecular formula is C23H26F4N8O3. The van der Waals surface area contributed by atoms with Gasteiger partial charge in [-0.05, 0) is 32.0 Å². The van der Waals surface area contributed by atoms with Gasteiger partial charge in [-0.3, -0.25) is 4.79 Å². The molecule has 0 aliphatic heterocycles. The molecule has 1 unspecified atom stereocenters. The summed E-state index contributed by atoms with van der Waals surface area (Å²) in [5.74, 6) is -5.04. The lowest BCUT2D eigenvalue weighted by Gasteiger charge is -2.45. The van der Waals surface area contributed by atoms with E-state index in [0.717, 1.165) is 12.3 Å². The summed E-state index contributed by atoms with van der Waals surface area (Å²) in [6.07, 6.45) is -3.26. The summed E-state index contributed by atoms with van der Waals surface area (Å²) < 4.78 is 60.9. The van der Waals surface area contributed by atoms with Gasteiger partial charge in [-0.2, -0.15) is 4.39 Å². The smallest absolute Gasteiger partial charge is 0.250 e. The van der Waals surface area contributed by atoms with Gasteiger partial charge in [0.1, 0.15) is 5.82 Å². The summed E-state index contributed by atoms with van der Waals surface area (Å²) in [4.78, 5) is 20.4. The molecule has 38 heavy (non-hydrogen) atoms. The number of nitrogens with two attached hydrogens (primary N) is 1. The minimum Gasteiger partial charge on any atom is -0.351 e. The highest BCUT2D eigenvalue weighted by molar-refractivity contribution is 5.97. The number of nitrogens with zero attached hydrogens (tertiary/aromatic N) is 5. The number of aliphatic hydroxyl groups is 1. The van der Waals surface area contributed by atoms with Gasteiger partial charge in [0, 0.05) is 32.0 Å². The zero-order chi connectivity index (χ0) is 27.8. The van der Waals surface area contributed by atoms with Crippen molar-refractivity contribution in [2.45, 2.75) is 45.1 Å². The number of carbonyl (C=O) groups excluding carboxylic acids is 1. The number of amides is 1. The van der Waals surface area contributed by atoms with Crippen molar-refractivity contribution in [2.24, 2.45) is 18.2 Å². The first-order chi connectivity index (χ1) is 17.8. The number of ether oxygens (including phenoxy) is 1. The highest BCUT2D eigenvalue weighted by Crippen LogP contribution is 2.52. The van der Waals surface area contributed by atoms with Crippen LogP contribution in [0.2, 0.25) is 0 Å². The molecule has 0 spiro atoms. The monoisotopic (exact) mass is 538 g/mol. The summed E-state index contributed by atoms with van der Waals surface area (Å²) >= 11 is 0. The van der Waals surface area contributed by atoms with Gasteiger partial charge in [-0.15, -0.1) is 5.10 Å². The molecule has 1 aliphatic rings. The first-order valence-corrected chi connectivity index (χ1v) is 11.5. The molecule has 3 aromatic heterocycles. The Kier molecular flexibility index (Phi) is 7.36. The lowest BCUT2D eigenvalue weighted by molar-refractivity contribution is -0.172. The Hall–Kier alpha value is -3.69. The number of rotatable bonds is 9. The minimum atomic E-state index is -2.92. The van der Waals surface area contributed by atoms with Crippen LogP contribution in [0.3, 0.4) is 0 Å². The van der Waals surface area contributed by atoms with E-state index in [-0.39, 0.29) is 23.6 Å². The number of aliphatic hydroxyl groups excluding tert-OH is 1. The number of aromatic nitrogens is 5. The topological polar surface area (TPSA) is 153 Å². The molecule has 1 aliphatic carbocycles. The molecule has 15 heteroatoms. The number of halogens is 4. The van der Waals surface area contributed by atoms with Gasteiger partial charge >= 0.3 is 0 Å². The molecule has 0 aromatic carbocycles. The molecule has 1 fully saturated rings. The maximum atomic E-state index is 13.9. The maximum Gasteiger partial charge on any atom is 0.250 e. The van der Waals surface area contributed by atoms with Crippen LogP contribution in [0.15, 0.2) is 24.4 Å². The molecular weight excluding hydrogens is 512 g/mol. The second-order valence-corrected chi connectivity index (χ2v) is 9.20. The van der Waals surface area contributed by atoms with Crippen LogP contribution < -0.4 is 16.4 Å². The number of alkyl halides is 2. The summed E-state index contributed by atoms with van der Waals surface area (Å²) in [5.41, 5.74) is 5.28. The molecule has 0 saturated heterocycles. The van der Waals surface area contributed by atoms with Gasteiger partial charge in [0.15, 0.2) is 11.5 Å². The van der Waals surface area contributed by atoms with Crippen molar-refractivity contribution in [1.29, 1.82) is 0 Å². The Morgan fingerprint density at radius 2 is 2.03 bits per heavy atom. The molecule has 204 valence electrons. The van der Waals surface area contributed by atoms with E-state index in [0.29, 0.717) is 17.1 Å². The van der Waals surface area contributed by atoms with E-state index in [9.17, 15) is 27.5 Å². The van der Waals surface area contributed by atoms with E-state index in [4.69, 9.17) is 10.5 Å². The lowest BCUT2D eigenvalue weighted by Crippen LogP contribution is -2.57. The van der Waals surface area contributed by atoms with Crippen molar-refractivity contribution in [3.05, 3.63) is 47.4 Å². The summed E-state index contributed by atoms with van der Waals surface area (Å²) in [6, 6.07) is 3.96. The molecule has 3 aromatic rings. The first-order valence-electron chi connectivity index (χ1n) is 11.5. The van der Waals surface area contributed by atoms with Crippen molar-refractivity contribution in [3.8, 4) is 11.4 Å². The Morgan fingerprint density at radius 1 is 1.32 bits per heavy atom. The Morgan fingerprint density at radius 3 is 2.66 bits per heavy atom. The Balaban J connectivity index is 1.48. The van der Waals surface area contributed by atoms with Crippen LogP contribution in [0.1, 0.15) is 37.1 Å². The van der Waals surface area contributed by atoms with Gasteiger partial charge in [-0.1, -0.05) is 5.21 Å². The van der Waals surface area contributed by atoms with Crippen molar-refractivity contribution in [3.63, 3.8) is 0 Å². The summed E-state index contributed by atoms with van der Waals surface area (Å²) in [7, 11) is 1.53. The quantitative estimate of drug-likeness (QED) is 0.183. The number of carbonyl (C=O) groups is 1. The van der Waals surface area contributed by atoms with Gasteiger partial charge < -0.3 is 26.2 Å². The summed E-state index contributed by atoms with van der Waals surface area (Å²) in [5, 5.41) is 23.6. The number of hydrogen-bond acceptors (Lipinski definition) is 9. The number of pyridine rings is 2. The third-order valence-corrected chi connectivity index (χ3v) is 6.33. The number of hydrogen-bond donors (Lipinski definition) is 4. The maximum absolute atomic E-state index is 13.9. The second kappa shape index (κ2) is 10.2. The fourth-order valence-corrected chi connectivity index (χ4v) is 4.25. The van der Waals surface area contributed by atoms with Crippen molar-refractivity contribution in [1.82, 2.24) is 25.0 Å². The minimum absolute atomic E-state index is 0.185. The fourth-order valence-electron chi connectivity index (χ4n) is 4.25. The van der Waals surface area contributed by atoms with Gasteiger partial charge in [-0.25, -0.2) is 27.8 Å². The van der Waals surface area contributed by atoms with E-state index in [2.05, 4.69) is 30.9 Å². The van der Waals surface area contributed by atoms with Gasteiger partial charge in [0.05, 0.1) is 34.8 Å². The Labute approximate surface area is 214 Å². The lowest BCUT2D eigenvalue weighted by atomic mass is 9.65. The van der Waals surface area contributed by atoms with E-state index in [1.807, 2.05) is 0 Å². The van der Waals surface area contributed by atoms with Crippen LogP contribution in [0.25, 0.3) is 11.4 Å². The van der Waals surface area contributed by atoms with Crippen LogP contribution in [0, 0.1) is 24.1 Å². The van der Waals surface area contributed by atoms with E-state index in [1.165, 1.54) is 30.8 Å². The number of aryl methyl sites for hydroxylation is 2. The number of anilines is 2. The molecule has 2 atom stereocenters. The molecule has 1 saturated carbocycles. The first kappa shape index (κ1) is 27.3. The van der Waals surface area contributed by atoms with Crippen LogP contribution in [-0.2, 0) is 16.6 Å². The largest absolute Gasteiger partial charge is 0.351 e. The van der Waals surface area contributed by atoms with E-state index >= 15 is 0 Å². The average Bonchev–Trinajstić information content (AvgIpc) is 3.19. The normalized spacial score (nSPS) is 17.4. The predicted octanol–water partition coefficient (Wildman–Crippen LogP) is 2.64. The molecule has 1 amide bonds. The second-order valence-electron chi connectivity index (χ2n) is 9.20. The van der Waals surface area contributed by atoms with Crippen LogP contribution in [-0.4, -0.2) is 54.9 Å². The molecule has 0 radical (unpaired) electrons. The predicted molar refractivity (Wildman–Crippen MR) is 127 cm³/mol. The molecule has 5 N–H and O–H groups in total. The van der Waals surface area contributed by atoms with E-state index < -0.39 is 54.4 Å². The standard InChI is InChI=1S/C23H26F4N8O3/c1-11-15(31-20(36)22(10-28)8-23(26,27)9-22)4-5-16(30-11)17-19(35(3)34-33-17)32-21(37)38-12(2)14-6-13(24)7-29-18(14)25/h4-7,12,21,32,37H,8-10,28H2,1-3H3,(H,31,36)/t12-,21?/m1/s1. The van der Waals surface area contributed by atoms with Gasteiger partial charge in [0.25, 0.3) is 0 Å². The zero-order valence-electron chi connectivity index (χ0n) is 20.7. The zero-order valence-corrected chi connectivity index (χ0v) is 20.7. The molecule has 0 bridgehead atoms. The van der Waals surface area contributed by atoms with Crippen LogP contribution in [0.5, 0.6) is 0 Å². The number of nitrogens with one attached hydrogen (secondary N) is 2. The van der Waals surface area contributed by atoms with Crippen LogP contribution in [0.4, 0.5) is 29.1 Å². The van der Waals surface area contributed by atoms with E-state index in [1.54, 1.807) is 6.92 Å². The van der Waals surface area contributed by atoms with Crippen molar-refractivity contribution in [2.75, 3.05) is 17.2 Å². The van der Waals surface area contributed by atoms with Gasteiger partial charge in [0.2, 0.25) is 24.2 Å². The third kappa shape index (κ3) is 5.44. The van der Waals surface area contributed by atoms with Crippen molar-refractivity contribution >= 4 is 17.4 Å². The highest BCUT2D eigenvalue weighted by atomic mass is 19.3. The average molecular weight is 539 g/mol. The van der Waals surface area contributed by atoms with Crippen LogP contribution >= 0.6 is 0 Å². The molecule has 11 nitrogen and oxygen atoms in total.